The molecule has 27 heavy (non-hydrogen) atoms. The van der Waals surface area contributed by atoms with Gasteiger partial charge in [0.25, 0.3) is 0 Å². The minimum Gasteiger partial charge on any atom is -0.497 e. The second-order valence-electron chi connectivity index (χ2n) is 8.09. The van der Waals surface area contributed by atoms with E-state index in [1.807, 2.05) is 12.1 Å². The van der Waals surface area contributed by atoms with E-state index in [2.05, 4.69) is 43.3 Å². The number of hydrogen-bond acceptors (Lipinski definition) is 3. The normalized spacial score (nSPS) is 26.4. The summed E-state index contributed by atoms with van der Waals surface area (Å²) in [6.45, 7) is 8.56. The van der Waals surface area contributed by atoms with E-state index in [9.17, 15) is 0 Å². The van der Waals surface area contributed by atoms with Crippen molar-refractivity contribution in [3.8, 4) is 5.75 Å². The quantitative estimate of drug-likeness (QED) is 0.553. The summed E-state index contributed by atoms with van der Waals surface area (Å²) >= 11 is 0. The molecule has 0 aliphatic heterocycles. The highest BCUT2D eigenvalue weighted by Crippen LogP contribution is 2.39. The lowest BCUT2D eigenvalue weighted by Crippen LogP contribution is -2.36. The molecule has 148 valence electrons. The maximum atomic E-state index is 6.51. The number of methoxy groups -OCH3 is 1. The Balaban J connectivity index is 1.66. The molecule has 2 fully saturated rings. The summed E-state index contributed by atoms with van der Waals surface area (Å²) in [5.41, 5.74) is 2.29. The van der Waals surface area contributed by atoms with E-state index in [0.717, 1.165) is 36.4 Å². The molecule has 3 atom stereocenters. The summed E-state index contributed by atoms with van der Waals surface area (Å²) < 4.78 is 11.8. The van der Waals surface area contributed by atoms with E-state index in [4.69, 9.17) is 9.47 Å². The molecule has 3 rings (SSSR count). The molecule has 2 aliphatic carbocycles. The number of allylic oxidation sites excluding steroid dienone is 2. The fourth-order valence-electron chi connectivity index (χ4n) is 4.64. The highest BCUT2D eigenvalue weighted by atomic mass is 16.5. The first-order chi connectivity index (χ1) is 13.1. The molecule has 0 amide bonds. The van der Waals surface area contributed by atoms with Gasteiger partial charge in [0.15, 0.2) is 0 Å². The van der Waals surface area contributed by atoms with Crippen molar-refractivity contribution in [2.75, 3.05) is 19.1 Å². The van der Waals surface area contributed by atoms with Crippen LogP contribution in [0.3, 0.4) is 0 Å². The first kappa shape index (κ1) is 20.0. The Morgan fingerprint density at radius 2 is 1.74 bits per heavy atom. The fraction of sp³-hybridized carbons (Fsp3) is 0.583. The van der Waals surface area contributed by atoms with Gasteiger partial charge < -0.3 is 14.4 Å². The van der Waals surface area contributed by atoms with Crippen LogP contribution < -0.4 is 9.64 Å². The third kappa shape index (κ3) is 4.95. The highest BCUT2D eigenvalue weighted by Gasteiger charge is 2.34. The van der Waals surface area contributed by atoms with Crippen LogP contribution >= 0.6 is 0 Å². The van der Waals surface area contributed by atoms with E-state index in [-0.39, 0.29) is 0 Å². The fourth-order valence-corrected chi connectivity index (χ4v) is 4.64. The molecular formula is C24H35NO2. The van der Waals surface area contributed by atoms with Gasteiger partial charge in [0.2, 0.25) is 0 Å². The Hall–Kier alpha value is -1.74. The van der Waals surface area contributed by atoms with Gasteiger partial charge in [0, 0.05) is 24.4 Å². The van der Waals surface area contributed by atoms with Crippen molar-refractivity contribution < 1.29 is 9.47 Å². The van der Waals surface area contributed by atoms with Gasteiger partial charge in [-0.3, -0.25) is 0 Å². The first-order valence-corrected chi connectivity index (χ1v) is 10.5. The molecule has 2 aliphatic rings. The standard InChI is InChI=1S/C24H35NO2/c1-5-19-11-14-23(27-22-9-7-6-8-10-22)17-24(19)18(2)25(3)20-12-15-21(26-4)16-13-20/h5,12-13,15-16,19,22-24H,1-2,6-11,14,17H2,3-4H3. The van der Waals surface area contributed by atoms with Crippen LogP contribution in [0.2, 0.25) is 0 Å². The van der Waals surface area contributed by atoms with E-state index < -0.39 is 0 Å². The average Bonchev–Trinajstić information content (AvgIpc) is 2.73. The Labute approximate surface area is 165 Å². The van der Waals surface area contributed by atoms with Crippen molar-refractivity contribution in [3.63, 3.8) is 0 Å². The number of nitrogens with zero attached hydrogens (tertiary/aromatic N) is 1. The summed E-state index contributed by atoms with van der Waals surface area (Å²) in [5, 5.41) is 0. The summed E-state index contributed by atoms with van der Waals surface area (Å²) in [4.78, 5) is 2.21. The molecule has 3 unspecified atom stereocenters. The van der Waals surface area contributed by atoms with Crippen molar-refractivity contribution in [2.45, 2.75) is 63.6 Å². The lowest BCUT2D eigenvalue weighted by molar-refractivity contribution is -0.0566. The number of hydrogen-bond donors (Lipinski definition) is 0. The Morgan fingerprint density at radius 1 is 1.04 bits per heavy atom. The van der Waals surface area contributed by atoms with Gasteiger partial charge in [-0.25, -0.2) is 0 Å². The van der Waals surface area contributed by atoms with E-state index in [0.29, 0.717) is 24.0 Å². The summed E-state index contributed by atoms with van der Waals surface area (Å²) in [6.07, 6.45) is 12.8. The monoisotopic (exact) mass is 369 g/mol. The van der Waals surface area contributed by atoms with Crippen LogP contribution in [0.5, 0.6) is 5.75 Å². The van der Waals surface area contributed by atoms with Crippen LogP contribution in [0.25, 0.3) is 0 Å². The van der Waals surface area contributed by atoms with Crippen LogP contribution in [-0.4, -0.2) is 26.4 Å². The van der Waals surface area contributed by atoms with Gasteiger partial charge in [-0.15, -0.1) is 6.58 Å². The molecule has 0 bridgehead atoms. The van der Waals surface area contributed by atoms with E-state index in [1.165, 1.54) is 32.1 Å². The van der Waals surface area contributed by atoms with Gasteiger partial charge >= 0.3 is 0 Å². The number of benzene rings is 1. The molecule has 1 aromatic rings. The van der Waals surface area contributed by atoms with Crippen LogP contribution in [0, 0.1) is 11.8 Å². The maximum Gasteiger partial charge on any atom is 0.119 e. The van der Waals surface area contributed by atoms with Crippen LogP contribution in [0.15, 0.2) is 49.2 Å². The van der Waals surface area contributed by atoms with E-state index >= 15 is 0 Å². The second kappa shape index (κ2) is 9.45. The third-order valence-electron chi connectivity index (χ3n) is 6.41. The summed E-state index contributed by atoms with van der Waals surface area (Å²) in [6, 6.07) is 8.18. The summed E-state index contributed by atoms with van der Waals surface area (Å²) in [5.74, 6) is 1.74. The minimum absolute atomic E-state index is 0.357. The molecule has 0 saturated heterocycles. The molecule has 2 saturated carbocycles. The van der Waals surface area contributed by atoms with Gasteiger partial charge in [0.1, 0.15) is 5.75 Å². The Bertz CT molecular complexity index is 618. The van der Waals surface area contributed by atoms with Gasteiger partial charge in [-0.05, 0) is 62.3 Å². The second-order valence-corrected chi connectivity index (χ2v) is 8.09. The minimum atomic E-state index is 0.357. The Kier molecular flexibility index (Phi) is 7.01. The molecule has 0 spiro atoms. The van der Waals surface area contributed by atoms with E-state index in [1.54, 1.807) is 7.11 Å². The summed E-state index contributed by atoms with van der Waals surface area (Å²) in [7, 11) is 3.80. The third-order valence-corrected chi connectivity index (χ3v) is 6.41. The van der Waals surface area contributed by atoms with Crippen molar-refractivity contribution in [2.24, 2.45) is 11.8 Å². The molecule has 0 aromatic heterocycles. The number of anilines is 1. The zero-order valence-electron chi connectivity index (χ0n) is 17.0. The lowest BCUT2D eigenvalue weighted by atomic mass is 9.76. The molecule has 1 aromatic carbocycles. The SMILES string of the molecule is C=CC1CCC(OC2CCCCC2)CC1C(=C)N(C)c1ccc(OC)cc1. The number of rotatable bonds is 7. The van der Waals surface area contributed by atoms with Crippen LogP contribution in [0.4, 0.5) is 5.69 Å². The lowest BCUT2D eigenvalue weighted by Gasteiger charge is -2.40. The number of ether oxygens (including phenoxy) is 2. The van der Waals surface area contributed by atoms with Crippen LogP contribution in [-0.2, 0) is 4.74 Å². The van der Waals surface area contributed by atoms with Crippen molar-refractivity contribution in [3.05, 3.63) is 49.2 Å². The highest BCUT2D eigenvalue weighted by molar-refractivity contribution is 5.53. The smallest absolute Gasteiger partial charge is 0.119 e. The predicted molar refractivity (Wildman–Crippen MR) is 113 cm³/mol. The van der Waals surface area contributed by atoms with Crippen molar-refractivity contribution in [1.29, 1.82) is 0 Å². The van der Waals surface area contributed by atoms with Crippen molar-refractivity contribution >= 4 is 5.69 Å². The zero-order chi connectivity index (χ0) is 19.2. The molecule has 0 heterocycles. The van der Waals surface area contributed by atoms with Gasteiger partial charge in [-0.2, -0.15) is 0 Å². The Morgan fingerprint density at radius 3 is 2.37 bits per heavy atom. The van der Waals surface area contributed by atoms with Gasteiger partial charge in [-0.1, -0.05) is 31.9 Å². The molecule has 0 N–H and O–H groups in total. The zero-order valence-corrected chi connectivity index (χ0v) is 17.0. The first-order valence-electron chi connectivity index (χ1n) is 10.5. The van der Waals surface area contributed by atoms with Gasteiger partial charge in [0.05, 0.1) is 19.3 Å². The molecule has 3 heteroatoms. The average molecular weight is 370 g/mol. The van der Waals surface area contributed by atoms with Crippen molar-refractivity contribution in [1.82, 2.24) is 0 Å². The predicted octanol–water partition coefficient (Wildman–Crippen LogP) is 5.97. The van der Waals surface area contributed by atoms with Crippen LogP contribution in [0.1, 0.15) is 51.4 Å². The largest absolute Gasteiger partial charge is 0.497 e. The topological polar surface area (TPSA) is 21.7 Å². The molecular weight excluding hydrogens is 334 g/mol. The molecule has 0 radical (unpaired) electrons. The molecule has 3 nitrogen and oxygen atoms in total. The maximum absolute atomic E-state index is 6.51.